The molecule has 5 N–H and O–H groups in total. The Balaban J connectivity index is 4.67. The number of aliphatic hydroxyl groups is 3. The van der Waals surface area contributed by atoms with Crippen LogP contribution in [0, 0.1) is 0 Å². The molecule has 0 spiro atoms. The monoisotopic (exact) mass is 219 g/mol. The van der Waals surface area contributed by atoms with Crippen LogP contribution >= 0.6 is 7.82 Å². The smallest absolute Gasteiger partial charge is 0.393 e. The molecule has 0 aliphatic carbocycles. The molecule has 0 unspecified atom stereocenters. The third kappa shape index (κ3) is 5.33. The normalized spacial score (nSPS) is 23.9. The number of phosphoric ester groups is 1. The van der Waals surface area contributed by atoms with Crippen molar-refractivity contribution >= 4 is 7.82 Å². The Morgan fingerprint density at radius 2 is 2.23 bits per heavy atom. The zero-order valence-corrected chi connectivity index (χ0v) is 7.39. The average Bonchev–Trinajstić information content (AvgIpc) is 2.09. The largest absolute Gasteiger partial charge is 0.469 e. The molecule has 0 heterocycles. The molecule has 7 nitrogen and oxygen atoms in total. The summed E-state index contributed by atoms with van der Waals surface area (Å²) < 4.78 is 34.7. The topological polar surface area (TPSA) is 127 Å². The average molecular weight is 219 g/mol. The van der Waals surface area contributed by atoms with E-state index >= 15 is 0 Å². The molecule has 0 saturated heterocycles. The lowest BCUT2D eigenvalue weighted by molar-refractivity contribution is -0.107. The molecule has 0 bridgehead atoms. The van der Waals surface area contributed by atoms with Crippen molar-refractivity contribution in [2.75, 3.05) is 13.2 Å². The Kier molecular flexibility index (Phi) is 2.86. The minimum absolute atomic E-state index is 1.13. The van der Waals surface area contributed by atoms with Crippen LogP contribution in [0.4, 0.5) is 0 Å². The van der Waals surface area contributed by atoms with E-state index in [0.717, 1.165) is 0 Å². The van der Waals surface area contributed by atoms with Crippen LogP contribution in [0.5, 0.6) is 0 Å². The maximum Gasteiger partial charge on any atom is 0.469 e. The molecule has 0 radical (unpaired) electrons. The number of aliphatic hydroxyl groups excluding tert-OH is 2. The Hall–Kier alpha value is -0.0100. The summed E-state index contributed by atoms with van der Waals surface area (Å²) in [5, 5.41) is 27.4. The van der Waals surface area contributed by atoms with Gasteiger partial charge in [-0.25, -0.2) is 4.57 Å². The zero-order valence-electron chi connectivity index (χ0n) is 9.49. The lowest BCUT2D eigenvalue weighted by atomic mass is 10.0. The summed E-state index contributed by atoms with van der Waals surface area (Å²) in [6.07, 6.45) is -2.17. The number of phosphoric acid groups is 1. The minimum Gasteiger partial charge on any atom is -0.393 e. The van der Waals surface area contributed by atoms with Crippen molar-refractivity contribution in [3.63, 3.8) is 0 Å². The fourth-order valence-corrected chi connectivity index (χ4v) is 0.746. The zero-order chi connectivity index (χ0) is 13.2. The number of hydrogen-bond donors (Lipinski definition) is 5. The highest BCUT2D eigenvalue weighted by atomic mass is 31.2. The molecule has 0 aliphatic rings. The molecule has 0 amide bonds. The molecule has 0 aliphatic heterocycles. The molecule has 2 atom stereocenters. The first kappa shape index (κ1) is 8.31. The van der Waals surface area contributed by atoms with Gasteiger partial charge in [-0.1, -0.05) is 0 Å². The summed E-state index contributed by atoms with van der Waals surface area (Å²) in [5.41, 5.74) is -2.90. The predicted octanol–water partition coefficient (Wildman–Crippen LogP) is -1.80. The molecule has 13 heavy (non-hydrogen) atoms. The van der Waals surface area contributed by atoms with Crippen LogP contribution in [0.2, 0.25) is 0 Å². The van der Waals surface area contributed by atoms with Gasteiger partial charge in [0.05, 0.1) is 13.2 Å². The van der Waals surface area contributed by atoms with Gasteiger partial charge in [-0.05, 0) is 6.85 Å². The van der Waals surface area contributed by atoms with E-state index in [-0.39, 0.29) is 0 Å². The highest BCUT2D eigenvalue weighted by Crippen LogP contribution is 2.36. The molecule has 80 valence electrons. The van der Waals surface area contributed by atoms with Gasteiger partial charge in [0.25, 0.3) is 0 Å². The SMILES string of the molecule is [2H]C([2H])([2H])[C@@](O)(CO)[C@@H](O)COP(=O)(O)O. The lowest BCUT2D eigenvalue weighted by Crippen LogP contribution is -2.45. The van der Waals surface area contributed by atoms with Gasteiger partial charge in [-0.2, -0.15) is 0 Å². The second-order valence-corrected chi connectivity index (χ2v) is 3.62. The van der Waals surface area contributed by atoms with Gasteiger partial charge in [-0.3, -0.25) is 4.52 Å². The van der Waals surface area contributed by atoms with Gasteiger partial charge in [0.2, 0.25) is 0 Å². The van der Waals surface area contributed by atoms with E-state index in [2.05, 4.69) is 4.52 Å². The Morgan fingerprint density at radius 1 is 1.69 bits per heavy atom. The van der Waals surface area contributed by atoms with Gasteiger partial charge in [0, 0.05) is 4.11 Å². The maximum atomic E-state index is 10.3. The van der Waals surface area contributed by atoms with Crippen molar-refractivity contribution in [2.24, 2.45) is 0 Å². The van der Waals surface area contributed by atoms with Crippen LogP contribution in [-0.4, -0.2) is 50.0 Å². The summed E-state index contributed by atoms with van der Waals surface area (Å²) in [4.78, 5) is 16.6. The highest BCUT2D eigenvalue weighted by molar-refractivity contribution is 7.46. The molecule has 0 aromatic heterocycles. The first-order chi connectivity index (χ1) is 6.94. The third-order valence-electron chi connectivity index (χ3n) is 1.19. The van der Waals surface area contributed by atoms with E-state index in [0.29, 0.717) is 0 Å². The fourth-order valence-electron chi connectivity index (χ4n) is 0.411. The van der Waals surface area contributed by atoms with Gasteiger partial charge in [-0.15, -0.1) is 0 Å². The summed E-state index contributed by atoms with van der Waals surface area (Å²) >= 11 is 0. The van der Waals surface area contributed by atoms with Crippen LogP contribution in [0.3, 0.4) is 0 Å². The van der Waals surface area contributed by atoms with Crippen molar-refractivity contribution in [2.45, 2.75) is 18.6 Å². The van der Waals surface area contributed by atoms with E-state index in [4.69, 9.17) is 19.0 Å². The Labute approximate surface area is 79.0 Å². The van der Waals surface area contributed by atoms with E-state index in [9.17, 15) is 14.8 Å². The van der Waals surface area contributed by atoms with Crippen molar-refractivity contribution in [3.8, 4) is 0 Å². The second-order valence-electron chi connectivity index (χ2n) is 2.38. The molecule has 0 saturated carbocycles. The standard InChI is InChI=1S/C5H13O7P/c1-5(8,3-6)4(7)2-12-13(9,10)11/h4,6-8H,2-3H2,1H3,(H2,9,10,11)/t4-,5+/m0/s1/i1D3. The van der Waals surface area contributed by atoms with Gasteiger partial charge in [0.15, 0.2) is 0 Å². The molecular weight excluding hydrogens is 203 g/mol. The Morgan fingerprint density at radius 3 is 2.54 bits per heavy atom. The van der Waals surface area contributed by atoms with Crippen molar-refractivity contribution in [1.82, 2.24) is 0 Å². The molecule has 0 aromatic rings. The number of hydrogen-bond acceptors (Lipinski definition) is 5. The fraction of sp³-hybridized carbons (Fsp3) is 1.00. The van der Waals surface area contributed by atoms with E-state index < -0.39 is 39.6 Å². The predicted molar refractivity (Wildman–Crippen MR) is 41.7 cm³/mol. The lowest BCUT2D eigenvalue weighted by Gasteiger charge is -2.26. The first-order valence-corrected chi connectivity index (χ1v) is 4.68. The van der Waals surface area contributed by atoms with Gasteiger partial charge in [0.1, 0.15) is 11.7 Å². The molecule has 8 heteroatoms. The molecule has 0 aromatic carbocycles. The molecule has 0 fully saturated rings. The van der Waals surface area contributed by atoms with E-state index in [1.165, 1.54) is 0 Å². The number of rotatable bonds is 5. The summed E-state index contributed by atoms with van der Waals surface area (Å²) in [6.45, 7) is -5.56. The quantitative estimate of drug-likeness (QED) is 0.345. The van der Waals surface area contributed by atoms with Crippen LogP contribution in [0.1, 0.15) is 11.0 Å². The van der Waals surface area contributed by atoms with E-state index in [1.54, 1.807) is 0 Å². The minimum atomic E-state index is -4.89. The van der Waals surface area contributed by atoms with Crippen molar-refractivity contribution in [1.29, 1.82) is 0 Å². The summed E-state index contributed by atoms with van der Waals surface area (Å²) in [7, 11) is -4.89. The summed E-state index contributed by atoms with van der Waals surface area (Å²) in [5.74, 6) is 0. The molecular formula is C5H13O7P. The highest BCUT2D eigenvalue weighted by Gasteiger charge is 2.31. The van der Waals surface area contributed by atoms with Crippen LogP contribution in [-0.2, 0) is 9.09 Å². The third-order valence-corrected chi connectivity index (χ3v) is 1.68. The molecule has 0 rings (SSSR count). The van der Waals surface area contributed by atoms with Crippen molar-refractivity contribution < 1.29 is 38.3 Å². The van der Waals surface area contributed by atoms with E-state index in [1.807, 2.05) is 0 Å². The van der Waals surface area contributed by atoms with Crippen LogP contribution in [0.15, 0.2) is 0 Å². The van der Waals surface area contributed by atoms with Crippen LogP contribution < -0.4 is 0 Å². The van der Waals surface area contributed by atoms with Crippen molar-refractivity contribution in [3.05, 3.63) is 0 Å². The van der Waals surface area contributed by atoms with Crippen LogP contribution in [0.25, 0.3) is 0 Å². The first-order valence-electron chi connectivity index (χ1n) is 4.65. The maximum absolute atomic E-state index is 10.3. The Bertz CT molecular complexity index is 276. The summed E-state index contributed by atoms with van der Waals surface area (Å²) in [6, 6.07) is 0. The van der Waals surface area contributed by atoms with Gasteiger partial charge >= 0.3 is 7.82 Å². The van der Waals surface area contributed by atoms with Gasteiger partial charge < -0.3 is 25.1 Å². The second kappa shape index (κ2) is 4.47.